The summed E-state index contributed by atoms with van der Waals surface area (Å²) >= 11 is 5.81. The number of nitrogens with zero attached hydrogens (tertiary/aromatic N) is 2. The Bertz CT molecular complexity index is 1140. The number of nitrogens with one attached hydrogen (secondary N) is 1. The SMILES string of the molecule is NC1=N[C@@]2(c3cc(NC(=O)c4ncc(C(F)(F)F)cc4Cl)ccc3F)C3CC32CO1. The van der Waals surface area contributed by atoms with Crippen molar-refractivity contribution < 1.29 is 27.1 Å². The molecule has 3 N–H and O–H groups in total. The van der Waals surface area contributed by atoms with E-state index in [-0.39, 0.29) is 34.3 Å². The number of fused-ring (bicyclic) bond motifs is 1. The first-order chi connectivity index (χ1) is 14.1. The number of nitrogens with two attached hydrogens (primary N) is 1. The average molecular weight is 441 g/mol. The molecule has 2 heterocycles. The van der Waals surface area contributed by atoms with Crippen molar-refractivity contribution in [3.05, 3.63) is 58.1 Å². The summed E-state index contributed by atoms with van der Waals surface area (Å²) in [6.07, 6.45) is -3.26. The molecule has 3 aliphatic rings. The number of carbonyl (C=O) groups excluding carboxylic acids is 1. The first-order valence-electron chi connectivity index (χ1n) is 8.91. The quantitative estimate of drug-likeness (QED) is 0.712. The van der Waals surface area contributed by atoms with E-state index < -0.39 is 34.0 Å². The Hall–Kier alpha value is -2.88. The van der Waals surface area contributed by atoms with Crippen LogP contribution in [0.4, 0.5) is 23.2 Å². The largest absolute Gasteiger partial charge is 0.465 e. The number of carbonyl (C=O) groups is 1. The molecule has 0 bridgehead atoms. The van der Waals surface area contributed by atoms with Crippen LogP contribution in [0.1, 0.15) is 28.0 Å². The smallest absolute Gasteiger partial charge is 0.417 e. The molecule has 1 aromatic carbocycles. The molecule has 2 aliphatic carbocycles. The molecule has 30 heavy (non-hydrogen) atoms. The summed E-state index contributed by atoms with van der Waals surface area (Å²) in [7, 11) is 0. The maximum absolute atomic E-state index is 14.6. The molecular weight excluding hydrogens is 428 g/mol. The van der Waals surface area contributed by atoms with Crippen molar-refractivity contribution in [1.82, 2.24) is 4.98 Å². The minimum atomic E-state index is -4.63. The number of hydrogen-bond donors (Lipinski definition) is 2. The second-order valence-electron chi connectivity index (χ2n) is 7.62. The molecule has 2 aromatic rings. The maximum atomic E-state index is 14.6. The third-order valence-corrected chi connectivity index (χ3v) is 6.33. The van der Waals surface area contributed by atoms with Gasteiger partial charge in [0.15, 0.2) is 0 Å². The molecule has 0 radical (unpaired) electrons. The summed E-state index contributed by atoms with van der Waals surface area (Å²) in [4.78, 5) is 20.4. The minimum Gasteiger partial charge on any atom is -0.465 e. The highest BCUT2D eigenvalue weighted by atomic mass is 35.5. The van der Waals surface area contributed by atoms with Gasteiger partial charge in [0, 0.05) is 28.8 Å². The number of benzene rings is 1. The van der Waals surface area contributed by atoms with Crippen LogP contribution in [0.15, 0.2) is 35.5 Å². The lowest BCUT2D eigenvalue weighted by atomic mass is 9.88. The Morgan fingerprint density at radius 3 is 2.77 bits per heavy atom. The van der Waals surface area contributed by atoms with E-state index in [0.717, 1.165) is 6.42 Å². The van der Waals surface area contributed by atoms with Crippen molar-refractivity contribution in [1.29, 1.82) is 0 Å². The fourth-order valence-electron chi connectivity index (χ4n) is 4.37. The van der Waals surface area contributed by atoms with E-state index in [2.05, 4.69) is 15.3 Å². The zero-order valence-electron chi connectivity index (χ0n) is 15.1. The number of amides is 1. The van der Waals surface area contributed by atoms with Crippen molar-refractivity contribution in [3.8, 4) is 0 Å². The first-order valence-corrected chi connectivity index (χ1v) is 9.28. The standard InChI is InChI=1S/C19H13ClF4N4O2/c20-11-3-8(19(22,23)24)6-26-14(11)15(29)27-9-1-2-12(21)10(4-9)18-13-5-17(13,18)7-30-16(25)28-18/h1-4,6,13H,5,7H2,(H2,25,28)(H,27,29)/t13?,17?,18-/m0/s1. The zero-order valence-corrected chi connectivity index (χ0v) is 15.8. The van der Waals surface area contributed by atoms with Crippen LogP contribution in [0, 0.1) is 17.2 Å². The lowest BCUT2D eigenvalue weighted by Crippen LogP contribution is -2.35. The van der Waals surface area contributed by atoms with Crippen LogP contribution in [0.5, 0.6) is 0 Å². The number of ether oxygens (including phenoxy) is 1. The lowest BCUT2D eigenvalue weighted by Gasteiger charge is -2.29. The van der Waals surface area contributed by atoms with Gasteiger partial charge in [0.05, 0.1) is 10.6 Å². The van der Waals surface area contributed by atoms with Crippen LogP contribution in [-0.2, 0) is 16.5 Å². The molecule has 1 spiro atoms. The van der Waals surface area contributed by atoms with E-state index in [1.807, 2.05) is 0 Å². The Morgan fingerprint density at radius 1 is 1.33 bits per heavy atom. The van der Waals surface area contributed by atoms with Crippen molar-refractivity contribution in [2.24, 2.45) is 22.1 Å². The van der Waals surface area contributed by atoms with Gasteiger partial charge in [0.2, 0.25) is 0 Å². The van der Waals surface area contributed by atoms with Crippen molar-refractivity contribution >= 4 is 29.2 Å². The molecule has 0 saturated heterocycles. The number of rotatable bonds is 3. The van der Waals surface area contributed by atoms with E-state index in [9.17, 15) is 22.4 Å². The number of aliphatic imine (C=N–C) groups is 1. The molecule has 6 nitrogen and oxygen atoms in total. The predicted octanol–water partition coefficient (Wildman–Crippen LogP) is 3.71. The third kappa shape index (κ3) is 2.52. The molecule has 1 amide bonds. The van der Waals surface area contributed by atoms with Gasteiger partial charge in [-0.15, -0.1) is 0 Å². The van der Waals surface area contributed by atoms with Gasteiger partial charge < -0.3 is 15.8 Å². The molecule has 156 valence electrons. The number of anilines is 1. The average Bonchev–Trinajstić information content (AvgIpc) is 3.53. The van der Waals surface area contributed by atoms with Crippen molar-refractivity contribution in [3.63, 3.8) is 0 Å². The molecule has 2 unspecified atom stereocenters. The van der Waals surface area contributed by atoms with Crippen LogP contribution in [0.3, 0.4) is 0 Å². The number of hydrogen-bond acceptors (Lipinski definition) is 5. The number of halogens is 5. The summed E-state index contributed by atoms with van der Waals surface area (Å²) in [5.74, 6) is -1.20. The highest BCUT2D eigenvalue weighted by molar-refractivity contribution is 6.34. The van der Waals surface area contributed by atoms with Crippen LogP contribution < -0.4 is 11.1 Å². The molecule has 3 atom stereocenters. The maximum Gasteiger partial charge on any atom is 0.417 e. The predicted molar refractivity (Wildman–Crippen MR) is 98.4 cm³/mol. The van der Waals surface area contributed by atoms with Crippen LogP contribution in [0.2, 0.25) is 5.02 Å². The fourth-order valence-corrected chi connectivity index (χ4v) is 4.62. The fraction of sp³-hybridized carbons (Fsp3) is 0.316. The normalized spacial score (nSPS) is 28.6. The first kappa shape index (κ1) is 19.1. The second kappa shape index (κ2) is 5.84. The Labute approximate surface area is 172 Å². The van der Waals surface area contributed by atoms with Crippen molar-refractivity contribution in [2.45, 2.75) is 18.1 Å². The summed E-state index contributed by atoms with van der Waals surface area (Å²) in [5, 5.41) is 2.04. The van der Waals surface area contributed by atoms with Gasteiger partial charge in [-0.05, 0) is 30.7 Å². The number of amidine groups is 1. The van der Waals surface area contributed by atoms with Gasteiger partial charge in [-0.1, -0.05) is 11.6 Å². The number of alkyl halides is 3. The Balaban J connectivity index is 1.43. The van der Waals surface area contributed by atoms with Gasteiger partial charge in [-0.25, -0.2) is 14.4 Å². The van der Waals surface area contributed by atoms with Gasteiger partial charge >= 0.3 is 6.18 Å². The summed E-state index contributed by atoms with van der Waals surface area (Å²) in [6.45, 7) is 0.355. The Kier molecular flexibility index (Phi) is 3.72. The molecule has 1 aliphatic heterocycles. The van der Waals surface area contributed by atoms with Gasteiger partial charge in [-0.3, -0.25) is 4.79 Å². The molecule has 5 rings (SSSR count). The third-order valence-electron chi connectivity index (χ3n) is 6.04. The molecule has 2 fully saturated rings. The highest BCUT2D eigenvalue weighted by Crippen LogP contribution is 2.89. The molecule has 11 heteroatoms. The highest BCUT2D eigenvalue weighted by Gasteiger charge is 2.92. The second-order valence-corrected chi connectivity index (χ2v) is 8.03. The van der Waals surface area contributed by atoms with E-state index in [4.69, 9.17) is 22.1 Å². The summed E-state index contributed by atoms with van der Waals surface area (Å²) in [5.41, 5.74) is 3.69. The van der Waals surface area contributed by atoms with Crippen LogP contribution in [-0.4, -0.2) is 23.5 Å². The molecular formula is C19H13ClF4N4O2. The molecule has 2 saturated carbocycles. The minimum absolute atomic E-state index is 0.0117. The van der Waals surface area contributed by atoms with Gasteiger partial charge in [-0.2, -0.15) is 13.2 Å². The van der Waals surface area contributed by atoms with Crippen LogP contribution in [0.25, 0.3) is 0 Å². The van der Waals surface area contributed by atoms with Gasteiger partial charge in [0.25, 0.3) is 11.9 Å². The van der Waals surface area contributed by atoms with E-state index in [1.165, 1.54) is 18.2 Å². The topological polar surface area (TPSA) is 89.6 Å². The summed E-state index contributed by atoms with van der Waals surface area (Å²) < 4.78 is 58.2. The van der Waals surface area contributed by atoms with E-state index in [0.29, 0.717) is 18.9 Å². The van der Waals surface area contributed by atoms with Crippen molar-refractivity contribution in [2.75, 3.05) is 11.9 Å². The number of aromatic nitrogens is 1. The Morgan fingerprint density at radius 2 is 2.10 bits per heavy atom. The number of pyridine rings is 1. The summed E-state index contributed by atoms with van der Waals surface area (Å²) in [6, 6.07) is 4.58. The lowest BCUT2D eigenvalue weighted by molar-refractivity contribution is -0.137. The molecule has 1 aromatic heterocycles. The van der Waals surface area contributed by atoms with E-state index in [1.54, 1.807) is 0 Å². The monoisotopic (exact) mass is 440 g/mol. The van der Waals surface area contributed by atoms with E-state index >= 15 is 0 Å². The zero-order chi connectivity index (χ0) is 21.5. The van der Waals surface area contributed by atoms with Gasteiger partial charge in [0.1, 0.15) is 23.7 Å². The van der Waals surface area contributed by atoms with Crippen LogP contribution >= 0.6 is 11.6 Å².